The van der Waals surface area contributed by atoms with E-state index in [4.69, 9.17) is 79.3 Å². The Bertz CT molecular complexity index is 1630. The van der Waals surface area contributed by atoms with Crippen molar-refractivity contribution in [1.29, 1.82) is 0 Å². The SMILES string of the molecule is C1CCOC1.C1CCOC1.C1CCOC1.NC1CCCC(C(=O)O)C1.NC1CCCC(CO)C1.NCC1CCC(C(=O)O)CC1.NCC1CCC(CO)CC1.Nc1cccc(C(=O)O)c1.Nc1cccc(CO)c1. The fraction of sp³-hybridized carbons (Fsp3) is 0.732. The number of hydrogen-bond acceptors (Lipinski definition) is 15. The topological polar surface area (TPSA) is 356 Å². The van der Waals surface area contributed by atoms with Gasteiger partial charge in [-0.2, -0.15) is 0 Å². The average molecular weight is 1050 g/mol. The Balaban J connectivity index is 0.000000421. The van der Waals surface area contributed by atoms with Crippen LogP contribution in [0.25, 0.3) is 0 Å². The predicted octanol–water partition coefficient (Wildman–Crippen LogP) is 6.78. The normalized spacial score (nSPS) is 25.6. The van der Waals surface area contributed by atoms with Crippen molar-refractivity contribution in [3.63, 3.8) is 0 Å². The van der Waals surface area contributed by atoms with E-state index in [1.54, 1.807) is 24.3 Å². The number of carboxylic acid groups (broad SMARTS) is 3. The van der Waals surface area contributed by atoms with E-state index in [1.807, 2.05) is 12.1 Å². The van der Waals surface area contributed by atoms with Gasteiger partial charge in [-0.15, -0.1) is 0 Å². The molecule has 2 aromatic rings. The molecule has 0 radical (unpaired) electrons. The first-order valence-corrected chi connectivity index (χ1v) is 27.5. The first-order valence-electron chi connectivity index (χ1n) is 27.5. The van der Waals surface area contributed by atoms with Gasteiger partial charge in [0.05, 0.1) is 24.0 Å². The third-order valence-electron chi connectivity index (χ3n) is 14.0. The minimum Gasteiger partial charge on any atom is -0.481 e. The monoisotopic (exact) mass is 1050 g/mol. The Morgan fingerprint density at radius 2 is 0.892 bits per heavy atom. The van der Waals surface area contributed by atoms with Crippen LogP contribution in [-0.2, 0) is 30.4 Å². The number of carboxylic acids is 3. The lowest BCUT2D eigenvalue weighted by Gasteiger charge is -2.25. The highest BCUT2D eigenvalue weighted by Gasteiger charge is 2.26. The molecule has 0 spiro atoms. The Morgan fingerprint density at radius 3 is 1.19 bits per heavy atom. The number of aliphatic hydroxyl groups excluding tert-OH is 3. The van der Waals surface area contributed by atoms with Gasteiger partial charge in [-0.3, -0.25) is 9.59 Å². The lowest BCUT2D eigenvalue weighted by molar-refractivity contribution is -0.144. The standard InChI is InChI=1S/C8H15NO2.C8H17NO.C7H13NO2.C7H7NO2.C7H15NO.C7H9NO.3C4H8O/c9-5-6-1-3-7(4-2-6)8(10)11;9-5-7-1-3-8(6-10)4-2-7;2*8-6-3-1-2-5(4-6)7(9)10;2*8-7-3-1-2-6(4-7)5-9;3*1-2-4-5-3-1/h6-7H,1-5,9H2,(H,10,11);7-8,10H,1-6,9H2;5-6H,1-4,8H2,(H,9,10);1-4H,8H2,(H,9,10);6-7,9H,1-5,8H2;1-4,9H,5,8H2;3*1-4H2. The van der Waals surface area contributed by atoms with Crippen LogP contribution in [0.15, 0.2) is 48.5 Å². The molecule has 18 heteroatoms. The second-order valence-electron chi connectivity index (χ2n) is 20.3. The summed E-state index contributed by atoms with van der Waals surface area (Å²) in [4.78, 5) is 31.3. The summed E-state index contributed by atoms with van der Waals surface area (Å²) in [6, 6.07) is 13.8. The second kappa shape index (κ2) is 44.2. The van der Waals surface area contributed by atoms with E-state index < -0.39 is 17.9 Å². The van der Waals surface area contributed by atoms with Crippen molar-refractivity contribution in [3.05, 3.63) is 59.7 Å². The maximum atomic E-state index is 10.5. The van der Waals surface area contributed by atoms with E-state index in [0.29, 0.717) is 61.3 Å². The molecule has 18 N–H and O–H groups in total. The number of anilines is 2. The average Bonchev–Trinajstić information content (AvgIpc) is 4.29. The van der Waals surface area contributed by atoms with Crippen LogP contribution in [-0.4, -0.2) is 127 Å². The van der Waals surface area contributed by atoms with Crippen LogP contribution in [0.4, 0.5) is 11.4 Å². The summed E-state index contributed by atoms with van der Waals surface area (Å²) in [5.41, 5.74) is 35.3. The maximum Gasteiger partial charge on any atom is 0.335 e. The molecular weight excluding hydrogens is 949 g/mol. The van der Waals surface area contributed by atoms with Crippen LogP contribution < -0.4 is 34.4 Å². The molecule has 7 aliphatic rings. The van der Waals surface area contributed by atoms with Gasteiger partial charge in [0, 0.05) is 76.3 Å². The number of nitrogen functional groups attached to an aromatic ring is 2. The molecule has 0 aromatic heterocycles. The largest absolute Gasteiger partial charge is 0.481 e. The summed E-state index contributed by atoms with van der Waals surface area (Å²) in [5, 5.41) is 51.9. The van der Waals surface area contributed by atoms with Crippen molar-refractivity contribution in [3.8, 4) is 0 Å². The van der Waals surface area contributed by atoms with Crippen molar-refractivity contribution in [2.24, 2.45) is 58.4 Å². The van der Waals surface area contributed by atoms with Crippen molar-refractivity contribution in [2.75, 3.05) is 77.4 Å². The number of ether oxygens (including phenoxy) is 3. The van der Waals surface area contributed by atoms with Crippen LogP contribution in [0, 0.1) is 35.5 Å². The van der Waals surface area contributed by atoms with Gasteiger partial charge in [-0.1, -0.05) is 31.0 Å². The Hall–Kier alpha value is -3.95. The molecule has 7 fully saturated rings. The maximum absolute atomic E-state index is 10.5. The third-order valence-corrected chi connectivity index (χ3v) is 14.0. The highest BCUT2D eigenvalue weighted by Crippen LogP contribution is 2.29. The molecule has 3 saturated heterocycles. The first kappa shape index (κ1) is 68.1. The van der Waals surface area contributed by atoms with Gasteiger partial charge in [0.2, 0.25) is 0 Å². The fourth-order valence-electron chi connectivity index (χ4n) is 9.14. The molecule has 426 valence electrons. The Morgan fingerprint density at radius 1 is 0.473 bits per heavy atom. The van der Waals surface area contributed by atoms with Gasteiger partial charge in [0.1, 0.15) is 0 Å². The molecule has 0 amide bonds. The zero-order chi connectivity index (χ0) is 54.8. The second-order valence-corrected chi connectivity index (χ2v) is 20.3. The molecule has 18 nitrogen and oxygen atoms in total. The summed E-state index contributed by atoms with van der Waals surface area (Å²) >= 11 is 0. The summed E-state index contributed by atoms with van der Waals surface area (Å²) < 4.78 is 14.8. The smallest absolute Gasteiger partial charge is 0.335 e. The van der Waals surface area contributed by atoms with Crippen molar-refractivity contribution >= 4 is 29.3 Å². The minimum atomic E-state index is -0.952. The molecule has 3 aliphatic heterocycles. The van der Waals surface area contributed by atoms with Gasteiger partial charge >= 0.3 is 17.9 Å². The number of aromatic carboxylic acids is 1. The van der Waals surface area contributed by atoms with Crippen LogP contribution in [0.3, 0.4) is 0 Å². The van der Waals surface area contributed by atoms with E-state index >= 15 is 0 Å². The van der Waals surface area contributed by atoms with Crippen LogP contribution in [0.5, 0.6) is 0 Å². The highest BCUT2D eigenvalue weighted by atomic mass is 16.5. The number of nitrogens with two attached hydrogens (primary N) is 6. The van der Waals surface area contributed by atoms with E-state index in [9.17, 15) is 14.4 Å². The van der Waals surface area contributed by atoms with Crippen molar-refractivity contribution < 1.29 is 59.2 Å². The fourth-order valence-corrected chi connectivity index (χ4v) is 9.14. The summed E-state index contributed by atoms with van der Waals surface area (Å²) in [6.07, 6.45) is 24.1. The number of aliphatic carboxylic acids is 2. The van der Waals surface area contributed by atoms with Crippen LogP contribution >= 0.6 is 0 Å². The van der Waals surface area contributed by atoms with Crippen LogP contribution in [0.2, 0.25) is 0 Å². The van der Waals surface area contributed by atoms with Gasteiger partial charge < -0.3 is 79.3 Å². The van der Waals surface area contributed by atoms with Gasteiger partial charge in [-0.05, 0) is 201 Å². The van der Waals surface area contributed by atoms with Crippen LogP contribution in [0.1, 0.15) is 157 Å². The molecule has 9 rings (SSSR count). The molecule has 4 saturated carbocycles. The lowest BCUT2D eigenvalue weighted by Crippen LogP contribution is -2.31. The predicted molar refractivity (Wildman–Crippen MR) is 293 cm³/mol. The Labute approximate surface area is 442 Å². The quantitative estimate of drug-likeness (QED) is 0.121. The first-order chi connectivity index (χ1) is 35.6. The molecule has 74 heavy (non-hydrogen) atoms. The highest BCUT2D eigenvalue weighted by molar-refractivity contribution is 5.88. The minimum absolute atomic E-state index is 0.0606. The molecular formula is C56H100N6O12. The summed E-state index contributed by atoms with van der Waals surface area (Å²) in [5.74, 6) is -0.172. The van der Waals surface area contributed by atoms with E-state index in [2.05, 4.69) is 0 Å². The zero-order valence-electron chi connectivity index (χ0n) is 44.7. The third kappa shape index (κ3) is 35.3. The van der Waals surface area contributed by atoms with E-state index in [0.717, 1.165) is 115 Å². The van der Waals surface area contributed by atoms with E-state index in [-0.39, 0.29) is 30.0 Å². The number of hydrogen-bond donors (Lipinski definition) is 12. The lowest BCUT2D eigenvalue weighted by atomic mass is 9.82. The molecule has 0 bridgehead atoms. The van der Waals surface area contributed by atoms with Gasteiger partial charge in [0.25, 0.3) is 0 Å². The molecule has 2 aromatic carbocycles. The van der Waals surface area contributed by atoms with Crippen molar-refractivity contribution in [2.45, 2.75) is 160 Å². The van der Waals surface area contributed by atoms with Gasteiger partial charge in [-0.25, -0.2) is 4.79 Å². The number of rotatable bonds is 8. The zero-order valence-corrected chi connectivity index (χ0v) is 44.7. The molecule has 4 atom stereocenters. The molecule has 4 aliphatic carbocycles. The number of benzene rings is 2. The molecule has 3 heterocycles. The molecule has 4 unspecified atom stereocenters. The Kier molecular flexibility index (Phi) is 40.7. The summed E-state index contributed by atoms with van der Waals surface area (Å²) in [7, 11) is 0. The van der Waals surface area contributed by atoms with Crippen molar-refractivity contribution in [1.82, 2.24) is 0 Å². The number of aliphatic hydroxyl groups is 3. The summed E-state index contributed by atoms with van der Waals surface area (Å²) in [6.45, 7) is 8.31. The van der Waals surface area contributed by atoms with E-state index in [1.165, 1.54) is 89.2 Å². The number of carbonyl (C=O) groups is 3. The van der Waals surface area contributed by atoms with Gasteiger partial charge in [0.15, 0.2) is 0 Å².